The fraction of sp³-hybridized carbons (Fsp3) is 0.417. The van der Waals surface area contributed by atoms with Crippen LogP contribution in [0.1, 0.15) is 24.8 Å². The second-order valence-corrected chi connectivity index (χ2v) is 3.79. The number of hydrogen-bond acceptors (Lipinski definition) is 3. The van der Waals surface area contributed by atoms with E-state index in [0.717, 1.165) is 18.4 Å². The van der Waals surface area contributed by atoms with Gasteiger partial charge in [0.05, 0.1) is 24.3 Å². The second kappa shape index (κ2) is 7.10. The van der Waals surface area contributed by atoms with Crippen LogP contribution >= 0.6 is 11.6 Å². The lowest BCUT2D eigenvalue weighted by molar-refractivity contribution is 0.281. The zero-order valence-corrected chi connectivity index (χ0v) is 9.70. The van der Waals surface area contributed by atoms with Crippen LogP contribution in [0.15, 0.2) is 18.2 Å². The molecule has 0 saturated heterocycles. The van der Waals surface area contributed by atoms with E-state index in [4.69, 9.17) is 26.7 Å². The molecular formula is C12H14ClNO2. The Labute approximate surface area is 100 Å². The first kappa shape index (κ1) is 12.8. The van der Waals surface area contributed by atoms with Crippen molar-refractivity contribution in [2.45, 2.75) is 25.9 Å². The molecule has 1 rings (SSSR count). The van der Waals surface area contributed by atoms with Crippen molar-refractivity contribution in [3.8, 4) is 11.8 Å². The van der Waals surface area contributed by atoms with Crippen molar-refractivity contribution < 1.29 is 9.84 Å². The van der Waals surface area contributed by atoms with E-state index in [0.29, 0.717) is 23.8 Å². The molecule has 0 radical (unpaired) electrons. The zero-order chi connectivity index (χ0) is 11.8. The lowest BCUT2D eigenvalue weighted by atomic mass is 10.2. The van der Waals surface area contributed by atoms with E-state index in [-0.39, 0.29) is 6.61 Å². The predicted octanol–water partition coefficient (Wildman–Crippen LogP) is 2.90. The number of benzene rings is 1. The Morgan fingerprint density at radius 2 is 2.19 bits per heavy atom. The molecule has 0 aromatic heterocycles. The molecule has 0 aliphatic heterocycles. The van der Waals surface area contributed by atoms with Crippen molar-refractivity contribution in [2.75, 3.05) is 6.61 Å². The first-order chi connectivity index (χ1) is 7.77. The van der Waals surface area contributed by atoms with Crippen molar-refractivity contribution in [3.63, 3.8) is 0 Å². The topological polar surface area (TPSA) is 53.2 Å². The molecule has 3 nitrogen and oxygen atoms in total. The summed E-state index contributed by atoms with van der Waals surface area (Å²) in [6, 6.07) is 7.29. The van der Waals surface area contributed by atoms with Gasteiger partial charge in [-0.2, -0.15) is 5.26 Å². The van der Waals surface area contributed by atoms with Gasteiger partial charge >= 0.3 is 0 Å². The second-order valence-electron chi connectivity index (χ2n) is 3.39. The Morgan fingerprint density at radius 1 is 1.38 bits per heavy atom. The van der Waals surface area contributed by atoms with Crippen LogP contribution in [-0.4, -0.2) is 11.7 Å². The Hall–Kier alpha value is -1.24. The molecule has 0 heterocycles. The maximum Gasteiger partial charge on any atom is 0.137 e. The maximum absolute atomic E-state index is 8.90. The van der Waals surface area contributed by atoms with E-state index >= 15 is 0 Å². The third kappa shape index (κ3) is 4.09. The normalized spacial score (nSPS) is 9.81. The van der Waals surface area contributed by atoms with Gasteiger partial charge in [-0.3, -0.25) is 0 Å². The van der Waals surface area contributed by atoms with Gasteiger partial charge < -0.3 is 9.84 Å². The summed E-state index contributed by atoms with van der Waals surface area (Å²) in [5.74, 6) is 0.621. The number of halogens is 1. The molecule has 4 heteroatoms. The van der Waals surface area contributed by atoms with Crippen LogP contribution in [0.4, 0.5) is 0 Å². The highest BCUT2D eigenvalue weighted by atomic mass is 35.5. The monoisotopic (exact) mass is 239 g/mol. The lowest BCUT2D eigenvalue weighted by Crippen LogP contribution is -1.98. The average molecular weight is 240 g/mol. The highest BCUT2D eigenvalue weighted by molar-refractivity contribution is 6.32. The summed E-state index contributed by atoms with van der Waals surface area (Å²) in [7, 11) is 0. The van der Waals surface area contributed by atoms with Gasteiger partial charge in [0.15, 0.2) is 0 Å². The van der Waals surface area contributed by atoms with Crippen LogP contribution in [0.25, 0.3) is 0 Å². The first-order valence-electron chi connectivity index (χ1n) is 5.17. The van der Waals surface area contributed by atoms with Crippen molar-refractivity contribution in [1.82, 2.24) is 0 Å². The number of rotatable bonds is 6. The predicted molar refractivity (Wildman–Crippen MR) is 62.3 cm³/mol. The molecular weight excluding hydrogens is 226 g/mol. The summed E-state index contributed by atoms with van der Waals surface area (Å²) in [5, 5.41) is 17.8. The minimum atomic E-state index is -0.0256. The average Bonchev–Trinajstić information content (AvgIpc) is 2.30. The van der Waals surface area contributed by atoms with Crippen LogP contribution in [-0.2, 0) is 6.61 Å². The van der Waals surface area contributed by atoms with Crippen LogP contribution in [0.5, 0.6) is 5.75 Å². The van der Waals surface area contributed by atoms with Gasteiger partial charge in [0.2, 0.25) is 0 Å². The molecule has 1 N–H and O–H groups in total. The summed E-state index contributed by atoms with van der Waals surface area (Å²) >= 11 is 5.96. The molecule has 0 saturated carbocycles. The third-order valence-electron chi connectivity index (χ3n) is 2.12. The molecule has 0 bridgehead atoms. The molecule has 0 unspecified atom stereocenters. The van der Waals surface area contributed by atoms with E-state index in [1.165, 1.54) is 0 Å². The summed E-state index contributed by atoms with van der Waals surface area (Å²) in [6.45, 7) is 0.530. The molecule has 0 fully saturated rings. The number of aliphatic hydroxyl groups is 1. The summed E-state index contributed by atoms with van der Waals surface area (Å²) in [6.07, 6.45) is 2.23. The number of aliphatic hydroxyl groups excluding tert-OH is 1. The van der Waals surface area contributed by atoms with Gasteiger partial charge in [-0.25, -0.2) is 0 Å². The zero-order valence-electron chi connectivity index (χ0n) is 8.95. The van der Waals surface area contributed by atoms with E-state index in [9.17, 15) is 0 Å². The van der Waals surface area contributed by atoms with E-state index in [1.54, 1.807) is 18.2 Å². The largest absolute Gasteiger partial charge is 0.492 e. The number of ether oxygens (including phenoxy) is 1. The smallest absolute Gasteiger partial charge is 0.137 e. The molecule has 0 spiro atoms. The van der Waals surface area contributed by atoms with Crippen LogP contribution < -0.4 is 4.74 Å². The minimum absolute atomic E-state index is 0.0256. The van der Waals surface area contributed by atoms with Crippen molar-refractivity contribution in [2.24, 2.45) is 0 Å². The molecule has 0 atom stereocenters. The quantitative estimate of drug-likeness (QED) is 0.777. The fourth-order valence-electron chi connectivity index (χ4n) is 1.25. The summed E-state index contributed by atoms with van der Waals surface area (Å²) < 4.78 is 5.46. The summed E-state index contributed by atoms with van der Waals surface area (Å²) in [4.78, 5) is 0. The highest BCUT2D eigenvalue weighted by Gasteiger charge is 2.02. The van der Waals surface area contributed by atoms with Crippen molar-refractivity contribution in [3.05, 3.63) is 28.8 Å². The minimum Gasteiger partial charge on any atom is -0.492 e. The van der Waals surface area contributed by atoms with E-state index in [1.807, 2.05) is 0 Å². The summed E-state index contributed by atoms with van der Waals surface area (Å²) in [5.41, 5.74) is 0.766. The Kier molecular flexibility index (Phi) is 5.69. The Bertz CT molecular complexity index is 374. The fourth-order valence-corrected chi connectivity index (χ4v) is 1.51. The number of unbranched alkanes of at least 4 members (excludes halogenated alkanes) is 2. The van der Waals surface area contributed by atoms with Crippen molar-refractivity contribution in [1.29, 1.82) is 5.26 Å². The lowest BCUT2D eigenvalue weighted by Gasteiger charge is -2.08. The number of nitrogens with zero attached hydrogens (tertiary/aromatic N) is 1. The van der Waals surface area contributed by atoms with Gasteiger partial charge in [0.25, 0.3) is 0 Å². The SMILES string of the molecule is N#CCCCCOc1ccc(CO)cc1Cl. The maximum atomic E-state index is 8.90. The van der Waals surface area contributed by atoms with E-state index < -0.39 is 0 Å². The van der Waals surface area contributed by atoms with Gasteiger partial charge in [-0.1, -0.05) is 17.7 Å². The molecule has 0 aliphatic rings. The van der Waals surface area contributed by atoms with Crippen molar-refractivity contribution >= 4 is 11.6 Å². The Balaban J connectivity index is 2.40. The van der Waals surface area contributed by atoms with Crippen LogP contribution in [0, 0.1) is 11.3 Å². The number of nitriles is 1. The van der Waals surface area contributed by atoms with E-state index in [2.05, 4.69) is 6.07 Å². The van der Waals surface area contributed by atoms with Gasteiger partial charge in [-0.15, -0.1) is 0 Å². The molecule has 16 heavy (non-hydrogen) atoms. The molecule has 1 aromatic rings. The molecule has 0 aliphatic carbocycles. The highest BCUT2D eigenvalue weighted by Crippen LogP contribution is 2.25. The Morgan fingerprint density at radius 3 is 2.81 bits per heavy atom. The van der Waals surface area contributed by atoms with Crippen LogP contribution in [0.3, 0.4) is 0 Å². The molecule has 0 amide bonds. The van der Waals surface area contributed by atoms with Gasteiger partial charge in [-0.05, 0) is 30.5 Å². The number of hydrogen-bond donors (Lipinski definition) is 1. The van der Waals surface area contributed by atoms with Gasteiger partial charge in [0, 0.05) is 6.42 Å². The standard InChI is InChI=1S/C12H14ClNO2/c13-11-8-10(9-15)4-5-12(11)16-7-3-1-2-6-14/h4-5,8,15H,1-3,7,9H2. The first-order valence-corrected chi connectivity index (χ1v) is 5.54. The molecule has 1 aromatic carbocycles. The third-order valence-corrected chi connectivity index (χ3v) is 2.41. The van der Waals surface area contributed by atoms with Gasteiger partial charge in [0.1, 0.15) is 5.75 Å². The van der Waals surface area contributed by atoms with Crippen LogP contribution in [0.2, 0.25) is 5.02 Å². The molecule has 86 valence electrons.